The number of anilines is 1. The van der Waals surface area contributed by atoms with E-state index >= 15 is 0 Å². The molecule has 1 aromatic heterocycles. The molecule has 1 atom stereocenters. The van der Waals surface area contributed by atoms with Crippen LogP contribution in [0.1, 0.15) is 60.8 Å². The SMILES string of the molecule is CCCC(=O)Nc1sc2c(c1C(=O)NC(=O)OCC)CC[C@H](C)C2. The number of ether oxygens (including phenoxy) is 1. The molecule has 3 amide bonds. The molecular formula is C17H24N2O4S. The number of nitrogens with one attached hydrogen (secondary N) is 2. The van der Waals surface area contributed by atoms with Crippen LogP contribution in [0.25, 0.3) is 0 Å². The molecule has 1 aromatic rings. The molecule has 2 rings (SSSR count). The Hall–Kier alpha value is -1.89. The first-order valence-electron chi connectivity index (χ1n) is 8.38. The van der Waals surface area contributed by atoms with E-state index in [2.05, 4.69) is 17.6 Å². The number of rotatable bonds is 5. The molecule has 7 heteroatoms. The van der Waals surface area contributed by atoms with Gasteiger partial charge in [-0.3, -0.25) is 14.9 Å². The minimum Gasteiger partial charge on any atom is -0.450 e. The summed E-state index contributed by atoms with van der Waals surface area (Å²) in [4.78, 5) is 37.2. The second-order valence-electron chi connectivity index (χ2n) is 6.03. The van der Waals surface area contributed by atoms with Gasteiger partial charge in [0.2, 0.25) is 5.91 Å². The van der Waals surface area contributed by atoms with Crippen LogP contribution in [0.2, 0.25) is 0 Å². The van der Waals surface area contributed by atoms with Crippen molar-refractivity contribution in [3.05, 3.63) is 16.0 Å². The molecule has 0 saturated carbocycles. The molecular weight excluding hydrogens is 328 g/mol. The Morgan fingerprint density at radius 2 is 2.04 bits per heavy atom. The molecule has 0 bridgehead atoms. The Kier molecular flexibility index (Phi) is 6.36. The maximum absolute atomic E-state index is 12.5. The van der Waals surface area contributed by atoms with Crippen molar-refractivity contribution in [3.63, 3.8) is 0 Å². The highest BCUT2D eigenvalue weighted by Gasteiger charge is 2.29. The van der Waals surface area contributed by atoms with E-state index in [1.807, 2.05) is 6.92 Å². The van der Waals surface area contributed by atoms with Gasteiger partial charge in [-0.25, -0.2) is 4.79 Å². The van der Waals surface area contributed by atoms with Crippen LogP contribution in [0.4, 0.5) is 9.80 Å². The van der Waals surface area contributed by atoms with Crippen molar-refractivity contribution in [3.8, 4) is 0 Å². The van der Waals surface area contributed by atoms with E-state index in [-0.39, 0.29) is 12.5 Å². The number of imide groups is 1. The van der Waals surface area contributed by atoms with Gasteiger partial charge >= 0.3 is 6.09 Å². The molecule has 1 aliphatic carbocycles. The predicted molar refractivity (Wildman–Crippen MR) is 93.5 cm³/mol. The zero-order chi connectivity index (χ0) is 17.7. The van der Waals surface area contributed by atoms with Crippen LogP contribution in [0.5, 0.6) is 0 Å². The van der Waals surface area contributed by atoms with Gasteiger partial charge in [-0.1, -0.05) is 13.8 Å². The normalized spacial score (nSPS) is 16.2. The van der Waals surface area contributed by atoms with Crippen molar-refractivity contribution in [1.29, 1.82) is 0 Å². The third-order valence-corrected chi connectivity index (χ3v) is 5.13. The molecule has 132 valence electrons. The van der Waals surface area contributed by atoms with Crippen molar-refractivity contribution in [2.75, 3.05) is 11.9 Å². The number of thiophene rings is 1. The number of amides is 3. The first kappa shape index (κ1) is 18.4. The van der Waals surface area contributed by atoms with Crippen molar-refractivity contribution in [2.24, 2.45) is 5.92 Å². The third-order valence-electron chi connectivity index (χ3n) is 3.96. The summed E-state index contributed by atoms with van der Waals surface area (Å²) in [7, 11) is 0. The number of hydrogen-bond donors (Lipinski definition) is 2. The van der Waals surface area contributed by atoms with Gasteiger partial charge in [-0.2, -0.15) is 0 Å². The molecule has 0 fully saturated rings. The lowest BCUT2D eigenvalue weighted by Crippen LogP contribution is -2.32. The second-order valence-corrected chi connectivity index (χ2v) is 7.13. The molecule has 1 aliphatic rings. The molecule has 24 heavy (non-hydrogen) atoms. The van der Waals surface area contributed by atoms with Crippen LogP contribution in [-0.4, -0.2) is 24.5 Å². The predicted octanol–water partition coefficient (Wildman–Crippen LogP) is 3.50. The summed E-state index contributed by atoms with van der Waals surface area (Å²) in [6.07, 6.45) is 3.03. The number of hydrogen-bond acceptors (Lipinski definition) is 5. The van der Waals surface area contributed by atoms with E-state index in [0.717, 1.165) is 36.1 Å². The zero-order valence-electron chi connectivity index (χ0n) is 14.4. The average Bonchev–Trinajstić information content (AvgIpc) is 2.84. The largest absolute Gasteiger partial charge is 0.450 e. The summed E-state index contributed by atoms with van der Waals surface area (Å²) in [5.41, 5.74) is 1.37. The highest BCUT2D eigenvalue weighted by molar-refractivity contribution is 7.17. The van der Waals surface area contributed by atoms with E-state index in [1.54, 1.807) is 6.92 Å². The second kappa shape index (κ2) is 8.28. The van der Waals surface area contributed by atoms with Gasteiger partial charge in [0.25, 0.3) is 5.91 Å². The standard InChI is InChI=1S/C17H24N2O4S/c1-4-6-13(20)18-16-14(15(21)19-17(22)23-5-2)11-8-7-10(3)9-12(11)24-16/h10H,4-9H2,1-3H3,(H,18,20)(H,19,21,22)/t10-/m0/s1. The van der Waals surface area contributed by atoms with Crippen LogP contribution in [0.15, 0.2) is 0 Å². The fraction of sp³-hybridized carbons (Fsp3) is 0.588. The highest BCUT2D eigenvalue weighted by atomic mass is 32.1. The fourth-order valence-corrected chi connectivity index (χ4v) is 4.24. The molecule has 6 nitrogen and oxygen atoms in total. The Labute approximate surface area is 146 Å². The summed E-state index contributed by atoms with van der Waals surface area (Å²) >= 11 is 1.44. The summed E-state index contributed by atoms with van der Waals surface area (Å²) in [5, 5.41) is 5.62. The molecule has 0 radical (unpaired) electrons. The van der Waals surface area contributed by atoms with E-state index < -0.39 is 12.0 Å². The van der Waals surface area contributed by atoms with Crippen LogP contribution in [0, 0.1) is 5.92 Å². The monoisotopic (exact) mass is 352 g/mol. The smallest absolute Gasteiger partial charge is 0.414 e. The quantitative estimate of drug-likeness (QED) is 0.849. The molecule has 0 spiro atoms. The van der Waals surface area contributed by atoms with Gasteiger partial charge < -0.3 is 10.1 Å². The maximum atomic E-state index is 12.5. The average molecular weight is 352 g/mol. The van der Waals surface area contributed by atoms with Crippen LogP contribution in [0.3, 0.4) is 0 Å². The van der Waals surface area contributed by atoms with Crippen LogP contribution in [-0.2, 0) is 22.4 Å². The van der Waals surface area contributed by atoms with Crippen LogP contribution < -0.4 is 10.6 Å². The fourth-order valence-electron chi connectivity index (χ4n) is 2.82. The van der Waals surface area contributed by atoms with E-state index in [1.165, 1.54) is 11.3 Å². The topological polar surface area (TPSA) is 84.5 Å². The van der Waals surface area contributed by atoms with Gasteiger partial charge in [0.1, 0.15) is 5.00 Å². The lowest BCUT2D eigenvalue weighted by atomic mass is 9.88. The number of carbonyl (C=O) groups is 3. The third kappa shape index (κ3) is 4.35. The van der Waals surface area contributed by atoms with Crippen molar-refractivity contribution in [1.82, 2.24) is 5.32 Å². The van der Waals surface area contributed by atoms with Crippen LogP contribution >= 0.6 is 11.3 Å². The summed E-state index contributed by atoms with van der Waals surface area (Å²) in [6.45, 7) is 5.97. The van der Waals surface area contributed by atoms with E-state index in [9.17, 15) is 14.4 Å². The van der Waals surface area contributed by atoms with Gasteiger partial charge in [0.15, 0.2) is 0 Å². The van der Waals surface area contributed by atoms with Crippen molar-refractivity contribution in [2.45, 2.75) is 52.9 Å². The minimum atomic E-state index is -0.766. The first-order chi connectivity index (χ1) is 11.5. The summed E-state index contributed by atoms with van der Waals surface area (Å²) in [5.74, 6) is -0.0713. The summed E-state index contributed by atoms with van der Waals surface area (Å²) < 4.78 is 4.78. The highest BCUT2D eigenvalue weighted by Crippen LogP contribution is 2.39. The van der Waals surface area contributed by atoms with Gasteiger partial charge in [0, 0.05) is 11.3 Å². The Balaban J connectivity index is 2.30. The lowest BCUT2D eigenvalue weighted by molar-refractivity contribution is -0.116. The number of carbonyl (C=O) groups excluding carboxylic acids is 3. The molecule has 2 N–H and O–H groups in total. The maximum Gasteiger partial charge on any atom is 0.414 e. The van der Waals surface area contributed by atoms with Gasteiger partial charge in [0.05, 0.1) is 12.2 Å². The van der Waals surface area contributed by atoms with E-state index in [4.69, 9.17) is 4.74 Å². The Morgan fingerprint density at radius 3 is 2.71 bits per heavy atom. The van der Waals surface area contributed by atoms with Gasteiger partial charge in [-0.15, -0.1) is 11.3 Å². The molecule has 0 aliphatic heterocycles. The first-order valence-corrected chi connectivity index (χ1v) is 9.20. The summed E-state index contributed by atoms with van der Waals surface area (Å²) in [6, 6.07) is 0. The minimum absolute atomic E-state index is 0.116. The van der Waals surface area contributed by atoms with Crippen molar-refractivity contribution < 1.29 is 19.1 Å². The zero-order valence-corrected chi connectivity index (χ0v) is 15.2. The molecule has 0 unspecified atom stereocenters. The molecule has 1 heterocycles. The molecule has 0 aromatic carbocycles. The number of alkyl carbamates (subject to hydrolysis) is 1. The van der Waals surface area contributed by atoms with Crippen molar-refractivity contribution >= 4 is 34.2 Å². The Bertz CT molecular complexity index is 639. The lowest BCUT2D eigenvalue weighted by Gasteiger charge is -2.18. The molecule has 0 saturated heterocycles. The number of fused-ring (bicyclic) bond motifs is 1. The Morgan fingerprint density at radius 1 is 1.29 bits per heavy atom. The van der Waals surface area contributed by atoms with E-state index in [0.29, 0.717) is 22.9 Å². The van der Waals surface area contributed by atoms with Gasteiger partial charge in [-0.05, 0) is 44.1 Å².